The molecule has 0 aromatic heterocycles. The number of methoxy groups -OCH3 is 1. The summed E-state index contributed by atoms with van der Waals surface area (Å²) in [5, 5.41) is 2.62. The molecule has 0 heterocycles. The number of sulfonamides is 1. The summed E-state index contributed by atoms with van der Waals surface area (Å²) in [7, 11) is -3.18. The van der Waals surface area contributed by atoms with E-state index >= 15 is 0 Å². The van der Waals surface area contributed by atoms with E-state index in [4.69, 9.17) is 4.74 Å². The smallest absolute Gasteiger partial charge is 0.267 e. The molecule has 3 rings (SSSR count). The van der Waals surface area contributed by atoms with E-state index < -0.39 is 32.5 Å². The SMILES string of the molecule is COc1ccccc1NC(=O)c1ccccc1NS(=O)(=O)c1c(F)cccc1F. The van der Waals surface area contributed by atoms with Crippen LogP contribution in [0.15, 0.2) is 71.6 Å². The molecule has 9 heteroatoms. The van der Waals surface area contributed by atoms with E-state index in [1.165, 1.54) is 31.4 Å². The van der Waals surface area contributed by atoms with E-state index in [2.05, 4.69) is 10.0 Å². The molecular formula is C20H16F2N2O4S. The van der Waals surface area contributed by atoms with Crippen LogP contribution in [0.2, 0.25) is 0 Å². The molecule has 0 aliphatic rings. The fourth-order valence-electron chi connectivity index (χ4n) is 2.64. The lowest BCUT2D eigenvalue weighted by Crippen LogP contribution is -2.20. The maximum absolute atomic E-state index is 13.9. The maximum Gasteiger partial charge on any atom is 0.267 e. The fraction of sp³-hybridized carbons (Fsp3) is 0.0500. The van der Waals surface area contributed by atoms with Crippen LogP contribution in [0, 0.1) is 11.6 Å². The molecule has 3 aromatic carbocycles. The van der Waals surface area contributed by atoms with Gasteiger partial charge in [-0.1, -0.05) is 30.3 Å². The molecule has 0 atom stereocenters. The molecule has 3 aromatic rings. The normalized spacial score (nSPS) is 11.0. The van der Waals surface area contributed by atoms with Crippen LogP contribution in [-0.4, -0.2) is 21.4 Å². The number of carbonyl (C=O) groups excluding carboxylic acids is 1. The number of hydrogen-bond donors (Lipinski definition) is 2. The van der Waals surface area contributed by atoms with Gasteiger partial charge in [-0.15, -0.1) is 0 Å². The lowest BCUT2D eigenvalue weighted by atomic mass is 10.1. The lowest BCUT2D eigenvalue weighted by molar-refractivity contribution is 0.102. The molecular weight excluding hydrogens is 402 g/mol. The zero-order valence-electron chi connectivity index (χ0n) is 15.1. The van der Waals surface area contributed by atoms with Crippen LogP contribution >= 0.6 is 0 Å². The zero-order valence-corrected chi connectivity index (χ0v) is 16.0. The van der Waals surface area contributed by atoms with Crippen molar-refractivity contribution in [3.8, 4) is 5.75 Å². The van der Waals surface area contributed by atoms with Crippen LogP contribution in [0.5, 0.6) is 5.75 Å². The minimum atomic E-state index is -4.62. The van der Waals surface area contributed by atoms with Crippen LogP contribution in [0.1, 0.15) is 10.4 Å². The maximum atomic E-state index is 13.9. The standard InChI is InChI=1S/C20H16F2N2O4S/c1-28-18-12-5-4-11-17(18)23-20(25)13-7-2-3-10-16(13)24-29(26,27)19-14(21)8-6-9-15(19)22/h2-12,24H,1H3,(H,23,25). The Balaban J connectivity index is 1.94. The van der Waals surface area contributed by atoms with Gasteiger partial charge in [-0.25, -0.2) is 17.2 Å². The van der Waals surface area contributed by atoms with Crippen molar-refractivity contribution in [2.45, 2.75) is 4.90 Å². The second-order valence-electron chi connectivity index (χ2n) is 5.86. The highest BCUT2D eigenvalue weighted by molar-refractivity contribution is 7.92. The predicted octanol–water partition coefficient (Wildman–Crippen LogP) is 4.03. The average molecular weight is 418 g/mol. The topological polar surface area (TPSA) is 84.5 Å². The highest BCUT2D eigenvalue weighted by Gasteiger charge is 2.25. The van der Waals surface area contributed by atoms with Crippen LogP contribution in [-0.2, 0) is 10.0 Å². The summed E-state index contributed by atoms with van der Waals surface area (Å²) in [4.78, 5) is 11.6. The first-order chi connectivity index (χ1) is 13.8. The van der Waals surface area contributed by atoms with Crippen molar-refractivity contribution < 1.29 is 26.7 Å². The number of ether oxygens (including phenoxy) is 1. The summed E-state index contributed by atoms with van der Waals surface area (Å²) in [6.45, 7) is 0. The van der Waals surface area contributed by atoms with E-state index in [-0.39, 0.29) is 11.3 Å². The number of rotatable bonds is 6. The molecule has 0 unspecified atom stereocenters. The third-order valence-electron chi connectivity index (χ3n) is 3.96. The van der Waals surface area contributed by atoms with Gasteiger partial charge in [0.25, 0.3) is 15.9 Å². The monoisotopic (exact) mass is 418 g/mol. The lowest BCUT2D eigenvalue weighted by Gasteiger charge is -2.14. The largest absolute Gasteiger partial charge is 0.495 e. The second kappa shape index (κ2) is 8.27. The number of benzene rings is 3. The van der Waals surface area contributed by atoms with Gasteiger partial charge in [0, 0.05) is 0 Å². The Morgan fingerprint density at radius 1 is 0.862 bits per heavy atom. The highest BCUT2D eigenvalue weighted by atomic mass is 32.2. The van der Waals surface area contributed by atoms with Gasteiger partial charge in [-0.2, -0.15) is 0 Å². The molecule has 6 nitrogen and oxygen atoms in total. The molecule has 1 amide bonds. The van der Waals surface area contributed by atoms with Gasteiger partial charge >= 0.3 is 0 Å². The number of amides is 1. The van der Waals surface area contributed by atoms with E-state index in [1.807, 2.05) is 0 Å². The Morgan fingerprint density at radius 2 is 1.45 bits per heavy atom. The highest BCUT2D eigenvalue weighted by Crippen LogP contribution is 2.27. The molecule has 0 aliphatic carbocycles. The van der Waals surface area contributed by atoms with E-state index in [0.29, 0.717) is 11.4 Å². The number of nitrogens with one attached hydrogen (secondary N) is 2. The van der Waals surface area contributed by atoms with E-state index in [9.17, 15) is 22.0 Å². The molecule has 2 N–H and O–H groups in total. The Labute approximate surface area is 166 Å². The van der Waals surface area contributed by atoms with Gasteiger partial charge in [0.1, 0.15) is 17.4 Å². The number of carbonyl (C=O) groups is 1. The van der Waals surface area contributed by atoms with E-state index in [1.54, 1.807) is 24.3 Å². The Hall–Kier alpha value is -3.46. The van der Waals surface area contributed by atoms with Crippen LogP contribution in [0.3, 0.4) is 0 Å². The molecule has 0 radical (unpaired) electrons. The first-order valence-corrected chi connectivity index (χ1v) is 9.82. The van der Waals surface area contributed by atoms with Gasteiger partial charge < -0.3 is 10.1 Å². The summed E-state index contributed by atoms with van der Waals surface area (Å²) < 4.78 is 60.2. The van der Waals surface area contributed by atoms with Gasteiger partial charge in [-0.05, 0) is 36.4 Å². The Kier molecular flexibility index (Phi) is 5.79. The van der Waals surface area contributed by atoms with Gasteiger partial charge in [0.05, 0.1) is 24.0 Å². The van der Waals surface area contributed by atoms with Crippen molar-refractivity contribution in [2.75, 3.05) is 17.1 Å². The number of halogens is 2. The first kappa shape index (κ1) is 20.3. The molecule has 0 saturated carbocycles. The zero-order chi connectivity index (χ0) is 21.0. The number of anilines is 2. The number of para-hydroxylation sites is 3. The quantitative estimate of drug-likeness (QED) is 0.633. The van der Waals surface area contributed by atoms with Crippen LogP contribution < -0.4 is 14.8 Å². The Morgan fingerprint density at radius 3 is 2.10 bits per heavy atom. The summed E-state index contributed by atoms with van der Waals surface area (Å²) in [5.74, 6) is -2.71. The molecule has 0 spiro atoms. The summed E-state index contributed by atoms with van der Waals surface area (Å²) in [6, 6.07) is 15.1. The fourth-order valence-corrected chi connectivity index (χ4v) is 3.86. The van der Waals surface area contributed by atoms with Crippen molar-refractivity contribution in [2.24, 2.45) is 0 Å². The third-order valence-corrected chi connectivity index (χ3v) is 5.37. The van der Waals surface area contributed by atoms with Crippen molar-refractivity contribution in [3.63, 3.8) is 0 Å². The summed E-state index contributed by atoms with van der Waals surface area (Å²) in [6.07, 6.45) is 0. The van der Waals surface area contributed by atoms with Crippen molar-refractivity contribution in [3.05, 3.63) is 83.9 Å². The second-order valence-corrected chi connectivity index (χ2v) is 7.48. The summed E-state index contributed by atoms with van der Waals surface area (Å²) >= 11 is 0. The summed E-state index contributed by atoms with van der Waals surface area (Å²) in [5.41, 5.74) is 0.194. The minimum Gasteiger partial charge on any atom is -0.495 e. The van der Waals surface area contributed by atoms with Crippen molar-refractivity contribution >= 4 is 27.3 Å². The average Bonchev–Trinajstić information content (AvgIpc) is 2.68. The molecule has 0 fully saturated rings. The predicted molar refractivity (Wildman–Crippen MR) is 105 cm³/mol. The molecule has 0 aliphatic heterocycles. The van der Waals surface area contributed by atoms with Crippen molar-refractivity contribution in [1.82, 2.24) is 0 Å². The molecule has 150 valence electrons. The third kappa shape index (κ3) is 4.35. The minimum absolute atomic E-state index is 0.0428. The van der Waals surface area contributed by atoms with Gasteiger partial charge in [-0.3, -0.25) is 9.52 Å². The first-order valence-electron chi connectivity index (χ1n) is 8.33. The number of hydrogen-bond acceptors (Lipinski definition) is 4. The van der Waals surface area contributed by atoms with Crippen molar-refractivity contribution in [1.29, 1.82) is 0 Å². The Bertz CT molecular complexity index is 1150. The molecule has 0 bridgehead atoms. The van der Waals surface area contributed by atoms with Crippen LogP contribution in [0.25, 0.3) is 0 Å². The molecule has 0 saturated heterocycles. The van der Waals surface area contributed by atoms with Gasteiger partial charge in [0.2, 0.25) is 0 Å². The van der Waals surface area contributed by atoms with Crippen LogP contribution in [0.4, 0.5) is 20.2 Å². The van der Waals surface area contributed by atoms with E-state index in [0.717, 1.165) is 18.2 Å². The molecule has 29 heavy (non-hydrogen) atoms. The van der Waals surface area contributed by atoms with Gasteiger partial charge in [0.15, 0.2) is 4.90 Å².